The predicted octanol–water partition coefficient (Wildman–Crippen LogP) is 2.46. The topological polar surface area (TPSA) is 89.8 Å². The summed E-state index contributed by atoms with van der Waals surface area (Å²) in [4.78, 5) is 39.4. The molecule has 2 aliphatic heterocycles. The van der Waals surface area contributed by atoms with Crippen molar-refractivity contribution in [3.8, 4) is 11.5 Å². The van der Waals surface area contributed by atoms with Crippen LogP contribution in [0.2, 0.25) is 0 Å². The Bertz CT molecular complexity index is 1480. The number of pyridine rings is 1. The van der Waals surface area contributed by atoms with Gasteiger partial charge < -0.3 is 19.3 Å². The molecular formula is C27H25N5O4. The summed E-state index contributed by atoms with van der Waals surface area (Å²) in [6, 6.07) is 19.1. The van der Waals surface area contributed by atoms with Crippen molar-refractivity contribution in [3.05, 3.63) is 88.3 Å². The Kier molecular flexibility index (Phi) is 5.73. The standard InChI is InChI=1S/C27H25N5O4/c33-24(16-20-8-9-22-23(15-20)36-18-35-22)30-11-13-31(14-12-30)26-27(34)32(17-19-5-2-1-3-6-19)25-21(29-26)7-4-10-28-25/h1-10,15H,11-14,16-18H2. The van der Waals surface area contributed by atoms with Gasteiger partial charge in [0.15, 0.2) is 23.0 Å². The summed E-state index contributed by atoms with van der Waals surface area (Å²) in [6.07, 6.45) is 1.97. The van der Waals surface area contributed by atoms with Gasteiger partial charge in [0.2, 0.25) is 12.7 Å². The number of hydrogen-bond donors (Lipinski definition) is 0. The molecule has 2 aromatic heterocycles. The van der Waals surface area contributed by atoms with Crippen molar-refractivity contribution in [2.45, 2.75) is 13.0 Å². The Morgan fingerprint density at radius 1 is 0.889 bits per heavy atom. The summed E-state index contributed by atoms with van der Waals surface area (Å²) in [5.74, 6) is 1.82. The van der Waals surface area contributed by atoms with E-state index in [1.54, 1.807) is 10.8 Å². The number of carbonyl (C=O) groups excluding carboxylic acids is 1. The van der Waals surface area contributed by atoms with Crippen molar-refractivity contribution in [1.29, 1.82) is 0 Å². The highest BCUT2D eigenvalue weighted by atomic mass is 16.7. The quantitative estimate of drug-likeness (QED) is 0.431. The van der Waals surface area contributed by atoms with Crippen molar-refractivity contribution in [2.24, 2.45) is 0 Å². The molecule has 0 N–H and O–H groups in total. The number of hydrogen-bond acceptors (Lipinski definition) is 7. The summed E-state index contributed by atoms with van der Waals surface area (Å²) in [5.41, 5.74) is 2.96. The second-order valence-electron chi connectivity index (χ2n) is 8.89. The first kappa shape index (κ1) is 22.1. The molecule has 9 heteroatoms. The normalized spacial score (nSPS) is 14.9. The summed E-state index contributed by atoms with van der Waals surface area (Å²) in [7, 11) is 0. The lowest BCUT2D eigenvalue weighted by atomic mass is 10.1. The van der Waals surface area contributed by atoms with Gasteiger partial charge >= 0.3 is 0 Å². The molecule has 0 unspecified atom stereocenters. The van der Waals surface area contributed by atoms with Crippen molar-refractivity contribution in [2.75, 3.05) is 37.9 Å². The van der Waals surface area contributed by atoms with Gasteiger partial charge in [-0.15, -0.1) is 0 Å². The molecule has 0 radical (unpaired) electrons. The maximum Gasteiger partial charge on any atom is 0.295 e. The van der Waals surface area contributed by atoms with Crippen LogP contribution in [0, 0.1) is 0 Å². The van der Waals surface area contributed by atoms with Crippen LogP contribution in [0.5, 0.6) is 11.5 Å². The van der Waals surface area contributed by atoms with Crippen LogP contribution >= 0.6 is 0 Å². The van der Waals surface area contributed by atoms with E-state index in [1.807, 2.05) is 70.5 Å². The highest BCUT2D eigenvalue weighted by molar-refractivity contribution is 5.79. The van der Waals surface area contributed by atoms with Crippen LogP contribution in [0.1, 0.15) is 11.1 Å². The molecule has 9 nitrogen and oxygen atoms in total. The van der Waals surface area contributed by atoms with E-state index in [4.69, 9.17) is 9.47 Å². The van der Waals surface area contributed by atoms with E-state index in [0.29, 0.717) is 67.6 Å². The maximum atomic E-state index is 13.6. The lowest BCUT2D eigenvalue weighted by molar-refractivity contribution is -0.130. The zero-order chi connectivity index (χ0) is 24.5. The second kappa shape index (κ2) is 9.33. The number of nitrogens with zero attached hydrogens (tertiary/aromatic N) is 5. The summed E-state index contributed by atoms with van der Waals surface area (Å²) < 4.78 is 12.5. The van der Waals surface area contributed by atoms with Gasteiger partial charge in [0.25, 0.3) is 5.56 Å². The van der Waals surface area contributed by atoms with Crippen LogP contribution in [-0.2, 0) is 17.8 Å². The number of rotatable bonds is 5. The molecule has 36 heavy (non-hydrogen) atoms. The highest BCUT2D eigenvalue weighted by Crippen LogP contribution is 2.32. The Balaban J connectivity index is 1.19. The summed E-state index contributed by atoms with van der Waals surface area (Å²) in [6.45, 7) is 2.73. The minimum Gasteiger partial charge on any atom is -0.454 e. The SMILES string of the molecule is O=C(Cc1ccc2c(c1)OCO2)N1CCN(c2nc3cccnc3n(Cc3ccccc3)c2=O)CC1. The van der Waals surface area contributed by atoms with Gasteiger partial charge in [-0.25, -0.2) is 9.97 Å². The maximum absolute atomic E-state index is 13.6. The monoisotopic (exact) mass is 483 g/mol. The lowest BCUT2D eigenvalue weighted by Gasteiger charge is -2.35. The molecule has 0 saturated carbocycles. The molecule has 0 spiro atoms. The zero-order valence-corrected chi connectivity index (χ0v) is 19.7. The Morgan fingerprint density at radius 2 is 1.69 bits per heavy atom. The molecular weight excluding hydrogens is 458 g/mol. The smallest absolute Gasteiger partial charge is 0.295 e. The number of aromatic nitrogens is 3. The van der Waals surface area contributed by atoms with Crippen LogP contribution in [0.3, 0.4) is 0 Å². The summed E-state index contributed by atoms with van der Waals surface area (Å²) >= 11 is 0. The number of piperazine rings is 1. The van der Waals surface area contributed by atoms with Crippen LogP contribution in [0.15, 0.2) is 71.7 Å². The third-order valence-corrected chi connectivity index (χ3v) is 6.59. The first-order valence-electron chi connectivity index (χ1n) is 12.0. The largest absolute Gasteiger partial charge is 0.454 e. The minimum absolute atomic E-state index is 0.0469. The fraction of sp³-hybridized carbons (Fsp3) is 0.259. The van der Waals surface area contributed by atoms with Gasteiger partial charge in [0.1, 0.15) is 5.52 Å². The molecule has 6 rings (SSSR count). The number of ether oxygens (including phenoxy) is 2. The van der Waals surface area contributed by atoms with Gasteiger partial charge in [-0.3, -0.25) is 14.2 Å². The zero-order valence-electron chi connectivity index (χ0n) is 19.7. The van der Waals surface area contributed by atoms with Crippen LogP contribution in [0.4, 0.5) is 5.82 Å². The fourth-order valence-electron chi connectivity index (χ4n) is 4.69. The average Bonchev–Trinajstić information content (AvgIpc) is 3.39. The first-order valence-corrected chi connectivity index (χ1v) is 12.0. The van der Waals surface area contributed by atoms with Crippen molar-refractivity contribution in [3.63, 3.8) is 0 Å². The third-order valence-electron chi connectivity index (χ3n) is 6.59. The lowest BCUT2D eigenvalue weighted by Crippen LogP contribution is -2.51. The molecule has 1 fully saturated rings. The Hall–Kier alpha value is -4.40. The van der Waals surface area contributed by atoms with E-state index < -0.39 is 0 Å². The number of benzene rings is 2. The number of amides is 1. The molecule has 4 aromatic rings. The Labute approximate surface area is 207 Å². The first-order chi connectivity index (χ1) is 17.7. The number of carbonyl (C=O) groups is 1. The number of anilines is 1. The average molecular weight is 484 g/mol. The van der Waals surface area contributed by atoms with E-state index in [2.05, 4.69) is 9.97 Å². The Morgan fingerprint density at radius 3 is 2.53 bits per heavy atom. The summed E-state index contributed by atoms with van der Waals surface area (Å²) in [5, 5.41) is 0. The molecule has 0 bridgehead atoms. The van der Waals surface area contributed by atoms with Gasteiger partial charge in [-0.1, -0.05) is 36.4 Å². The van der Waals surface area contributed by atoms with E-state index in [1.165, 1.54) is 0 Å². The van der Waals surface area contributed by atoms with E-state index in [-0.39, 0.29) is 18.3 Å². The van der Waals surface area contributed by atoms with Crippen molar-refractivity contribution in [1.82, 2.24) is 19.4 Å². The minimum atomic E-state index is -0.176. The van der Waals surface area contributed by atoms with Crippen LogP contribution in [-0.4, -0.2) is 58.3 Å². The van der Waals surface area contributed by atoms with Crippen molar-refractivity contribution < 1.29 is 14.3 Å². The molecule has 2 aliphatic rings. The molecule has 4 heterocycles. The third kappa shape index (κ3) is 4.24. The van der Waals surface area contributed by atoms with Gasteiger partial charge in [-0.2, -0.15) is 0 Å². The van der Waals surface area contributed by atoms with Crippen LogP contribution in [0.25, 0.3) is 11.2 Å². The molecule has 182 valence electrons. The number of fused-ring (bicyclic) bond motifs is 2. The molecule has 0 atom stereocenters. The van der Waals surface area contributed by atoms with E-state index in [0.717, 1.165) is 11.1 Å². The molecule has 1 amide bonds. The highest BCUT2D eigenvalue weighted by Gasteiger charge is 2.25. The van der Waals surface area contributed by atoms with E-state index >= 15 is 0 Å². The van der Waals surface area contributed by atoms with Gasteiger partial charge in [0.05, 0.1) is 13.0 Å². The van der Waals surface area contributed by atoms with Gasteiger partial charge in [-0.05, 0) is 35.4 Å². The predicted molar refractivity (Wildman–Crippen MR) is 134 cm³/mol. The van der Waals surface area contributed by atoms with Crippen molar-refractivity contribution >= 4 is 22.9 Å². The van der Waals surface area contributed by atoms with Crippen LogP contribution < -0.4 is 19.9 Å². The molecule has 0 aliphatic carbocycles. The van der Waals surface area contributed by atoms with Gasteiger partial charge in [0, 0.05) is 32.4 Å². The van der Waals surface area contributed by atoms with E-state index in [9.17, 15) is 9.59 Å². The molecule has 1 saturated heterocycles. The molecule has 2 aromatic carbocycles. The fourth-order valence-corrected chi connectivity index (χ4v) is 4.69. The second-order valence-corrected chi connectivity index (χ2v) is 8.89.